The molecule has 6 heteroatoms. The lowest BCUT2D eigenvalue weighted by Crippen LogP contribution is -2.07. The van der Waals surface area contributed by atoms with Crippen molar-refractivity contribution in [3.63, 3.8) is 0 Å². The van der Waals surface area contributed by atoms with Crippen molar-refractivity contribution in [2.75, 3.05) is 7.11 Å². The predicted octanol–water partition coefficient (Wildman–Crippen LogP) is 7.83. The van der Waals surface area contributed by atoms with Gasteiger partial charge in [-0.05, 0) is 77.4 Å². The zero-order valence-electron chi connectivity index (χ0n) is 18.1. The standard InChI is InChI=1S/C26H25ClF3O2/c1-16(2)18-7-13-25(32-3)23(15-18)22-11-8-20(26(28,29)30)14-19(22)6-12-24(31)17-4-9-21(27)10-5-17/h4-11,13-16,24,31H,12H2,1-3H3. The highest BCUT2D eigenvalue weighted by Gasteiger charge is 2.31. The number of aliphatic hydroxyl groups is 1. The van der Waals surface area contributed by atoms with Gasteiger partial charge in [0.15, 0.2) is 0 Å². The normalized spacial score (nSPS) is 12.8. The highest BCUT2D eigenvalue weighted by Crippen LogP contribution is 2.39. The third-order valence-electron chi connectivity index (χ3n) is 5.38. The second kappa shape index (κ2) is 9.97. The first kappa shape index (κ1) is 24.1. The van der Waals surface area contributed by atoms with E-state index in [-0.39, 0.29) is 12.3 Å². The molecule has 32 heavy (non-hydrogen) atoms. The van der Waals surface area contributed by atoms with Crippen molar-refractivity contribution in [1.82, 2.24) is 0 Å². The number of halogens is 4. The largest absolute Gasteiger partial charge is 0.496 e. The highest BCUT2D eigenvalue weighted by molar-refractivity contribution is 6.30. The summed E-state index contributed by atoms with van der Waals surface area (Å²) in [5.74, 6) is 0.815. The van der Waals surface area contributed by atoms with Crippen molar-refractivity contribution in [2.24, 2.45) is 0 Å². The van der Waals surface area contributed by atoms with Gasteiger partial charge in [0, 0.05) is 10.6 Å². The lowest BCUT2D eigenvalue weighted by atomic mass is 9.90. The van der Waals surface area contributed by atoms with Gasteiger partial charge in [-0.1, -0.05) is 49.7 Å². The number of ether oxygens (including phenoxy) is 1. The maximum Gasteiger partial charge on any atom is 0.416 e. The number of hydrogen-bond donors (Lipinski definition) is 1. The first-order chi connectivity index (χ1) is 15.1. The number of alkyl halides is 3. The SMILES string of the molecule is COc1ccc(C(C)C)cc1-c1ccc(C(F)(F)F)cc1[CH]CC(O)c1ccc(Cl)cc1. The molecular weight excluding hydrogens is 437 g/mol. The molecule has 1 atom stereocenters. The summed E-state index contributed by atoms with van der Waals surface area (Å²) in [4.78, 5) is 0. The molecule has 3 aromatic rings. The van der Waals surface area contributed by atoms with Crippen LogP contribution < -0.4 is 4.74 Å². The van der Waals surface area contributed by atoms with Gasteiger partial charge in [0.2, 0.25) is 0 Å². The second-order valence-electron chi connectivity index (χ2n) is 7.92. The second-order valence-corrected chi connectivity index (χ2v) is 8.36. The molecule has 0 aliphatic carbocycles. The fourth-order valence-electron chi connectivity index (χ4n) is 3.51. The zero-order chi connectivity index (χ0) is 23.5. The summed E-state index contributed by atoms with van der Waals surface area (Å²) in [6.07, 6.45) is -3.58. The van der Waals surface area contributed by atoms with Gasteiger partial charge in [-0.3, -0.25) is 0 Å². The van der Waals surface area contributed by atoms with Gasteiger partial charge in [-0.2, -0.15) is 13.2 Å². The molecule has 0 aliphatic heterocycles. The molecule has 1 N–H and O–H groups in total. The van der Waals surface area contributed by atoms with E-state index in [0.717, 1.165) is 17.7 Å². The van der Waals surface area contributed by atoms with Crippen molar-refractivity contribution in [3.05, 3.63) is 94.4 Å². The van der Waals surface area contributed by atoms with Gasteiger partial charge in [-0.25, -0.2) is 0 Å². The van der Waals surface area contributed by atoms with Crippen LogP contribution in [0.15, 0.2) is 60.7 Å². The van der Waals surface area contributed by atoms with E-state index in [4.69, 9.17) is 16.3 Å². The van der Waals surface area contributed by atoms with Crippen LogP contribution in [0.5, 0.6) is 5.75 Å². The number of rotatable bonds is 7. The highest BCUT2D eigenvalue weighted by atomic mass is 35.5. The molecule has 0 bridgehead atoms. The van der Waals surface area contributed by atoms with Gasteiger partial charge in [-0.15, -0.1) is 0 Å². The average molecular weight is 462 g/mol. The van der Waals surface area contributed by atoms with Crippen molar-refractivity contribution in [2.45, 2.75) is 38.5 Å². The van der Waals surface area contributed by atoms with Crippen LogP contribution in [0.2, 0.25) is 5.02 Å². The van der Waals surface area contributed by atoms with Crippen LogP contribution in [-0.4, -0.2) is 12.2 Å². The van der Waals surface area contributed by atoms with E-state index in [9.17, 15) is 18.3 Å². The Labute approximate surface area is 191 Å². The lowest BCUT2D eigenvalue weighted by molar-refractivity contribution is -0.137. The molecule has 0 aliphatic rings. The van der Waals surface area contributed by atoms with Crippen molar-refractivity contribution < 1.29 is 23.0 Å². The van der Waals surface area contributed by atoms with Crippen LogP contribution in [0.25, 0.3) is 11.1 Å². The Morgan fingerprint density at radius 1 is 0.938 bits per heavy atom. The molecule has 0 saturated heterocycles. The minimum Gasteiger partial charge on any atom is -0.496 e. The zero-order valence-corrected chi connectivity index (χ0v) is 18.8. The molecule has 2 nitrogen and oxygen atoms in total. The third-order valence-corrected chi connectivity index (χ3v) is 5.63. The fourth-order valence-corrected chi connectivity index (χ4v) is 3.63. The van der Waals surface area contributed by atoms with Gasteiger partial charge in [0.05, 0.1) is 18.8 Å². The van der Waals surface area contributed by atoms with Gasteiger partial charge in [0.1, 0.15) is 5.75 Å². The summed E-state index contributed by atoms with van der Waals surface area (Å²) < 4.78 is 45.8. The molecule has 0 spiro atoms. The maximum absolute atomic E-state index is 13.4. The van der Waals surface area contributed by atoms with Crippen molar-refractivity contribution in [3.8, 4) is 16.9 Å². The van der Waals surface area contributed by atoms with Crippen LogP contribution in [0.1, 0.15) is 54.5 Å². The Bertz CT molecular complexity index is 1060. The van der Waals surface area contributed by atoms with E-state index in [1.165, 1.54) is 13.2 Å². The van der Waals surface area contributed by atoms with Crippen LogP contribution in [0, 0.1) is 6.42 Å². The number of methoxy groups -OCH3 is 1. The maximum atomic E-state index is 13.4. The van der Waals surface area contributed by atoms with Crippen LogP contribution in [-0.2, 0) is 6.18 Å². The van der Waals surface area contributed by atoms with Crippen LogP contribution >= 0.6 is 11.6 Å². The molecule has 0 fully saturated rings. The molecule has 0 heterocycles. The molecule has 3 rings (SSSR count). The first-order valence-electron chi connectivity index (χ1n) is 10.3. The molecule has 0 aromatic heterocycles. The topological polar surface area (TPSA) is 29.5 Å². The van der Waals surface area contributed by atoms with Crippen molar-refractivity contribution in [1.29, 1.82) is 0 Å². The van der Waals surface area contributed by atoms with Gasteiger partial charge < -0.3 is 9.84 Å². The summed E-state index contributed by atoms with van der Waals surface area (Å²) in [6, 6.07) is 16.1. The molecule has 1 unspecified atom stereocenters. The predicted molar refractivity (Wildman–Crippen MR) is 122 cm³/mol. The number of hydrogen-bond acceptors (Lipinski definition) is 2. The van der Waals surface area contributed by atoms with E-state index < -0.39 is 17.8 Å². The Morgan fingerprint density at radius 3 is 2.19 bits per heavy atom. The molecular formula is C26H25ClF3O2. The minimum absolute atomic E-state index is 0.141. The smallest absolute Gasteiger partial charge is 0.416 e. The van der Waals surface area contributed by atoms with Crippen molar-refractivity contribution >= 4 is 11.6 Å². The first-order valence-corrected chi connectivity index (χ1v) is 10.6. The Morgan fingerprint density at radius 2 is 1.59 bits per heavy atom. The van der Waals surface area contributed by atoms with E-state index in [1.54, 1.807) is 30.7 Å². The van der Waals surface area contributed by atoms with Crippen LogP contribution in [0.4, 0.5) is 13.2 Å². The van der Waals surface area contributed by atoms with E-state index in [2.05, 4.69) is 0 Å². The minimum atomic E-state index is -4.47. The summed E-state index contributed by atoms with van der Waals surface area (Å²) in [5.41, 5.74) is 2.64. The fraction of sp³-hybridized carbons (Fsp3) is 0.269. The monoisotopic (exact) mass is 461 g/mol. The van der Waals surface area contributed by atoms with E-state index >= 15 is 0 Å². The average Bonchev–Trinajstić information content (AvgIpc) is 2.76. The summed E-state index contributed by atoms with van der Waals surface area (Å²) in [6.45, 7) is 4.10. The Balaban J connectivity index is 2.02. The Kier molecular flexibility index (Phi) is 7.52. The quantitative estimate of drug-likeness (QED) is 0.388. The van der Waals surface area contributed by atoms with Gasteiger partial charge >= 0.3 is 6.18 Å². The molecule has 0 saturated carbocycles. The third kappa shape index (κ3) is 5.64. The van der Waals surface area contributed by atoms with E-state index in [0.29, 0.717) is 33.0 Å². The molecule has 0 amide bonds. The Hall–Kier alpha value is -2.50. The molecule has 169 valence electrons. The van der Waals surface area contributed by atoms with Gasteiger partial charge in [0.25, 0.3) is 0 Å². The molecule has 1 radical (unpaired) electrons. The van der Waals surface area contributed by atoms with Crippen LogP contribution in [0.3, 0.4) is 0 Å². The number of benzene rings is 3. The number of aliphatic hydroxyl groups excluding tert-OH is 1. The lowest BCUT2D eigenvalue weighted by Gasteiger charge is -2.19. The summed E-state index contributed by atoms with van der Waals surface area (Å²) in [7, 11) is 1.53. The van der Waals surface area contributed by atoms with E-state index in [1.807, 2.05) is 32.0 Å². The summed E-state index contributed by atoms with van der Waals surface area (Å²) in [5, 5.41) is 11.1. The summed E-state index contributed by atoms with van der Waals surface area (Å²) >= 11 is 5.89. The molecule has 3 aromatic carbocycles.